The molecule has 2 N–H and O–H groups in total. The van der Waals surface area contributed by atoms with Gasteiger partial charge in [-0.2, -0.15) is 5.10 Å². The van der Waals surface area contributed by atoms with Crippen LogP contribution < -0.4 is 15.0 Å². The normalized spacial score (nSPS) is 20.3. The first kappa shape index (κ1) is 62.8. The summed E-state index contributed by atoms with van der Waals surface area (Å²) >= 11 is 1.35. The molecule has 87 heavy (non-hydrogen) atoms. The van der Waals surface area contributed by atoms with Gasteiger partial charge >= 0.3 is 6.09 Å². The first-order chi connectivity index (χ1) is 41.3. The Bertz CT molecular complexity index is 3580. The number of aromatic amines is 1. The molecule has 2 unspecified atom stereocenters. The first-order valence-corrected chi connectivity index (χ1v) is 32.2. The highest BCUT2D eigenvalue weighted by Crippen LogP contribution is 2.38. The maximum atomic E-state index is 14.4. The summed E-state index contributed by atoms with van der Waals surface area (Å²) in [5.41, 5.74) is 2.68. The zero-order valence-electron chi connectivity index (χ0n) is 51.4. The molecule has 0 aliphatic carbocycles. The van der Waals surface area contributed by atoms with Crippen LogP contribution in [0.3, 0.4) is 0 Å². The lowest BCUT2D eigenvalue weighted by Crippen LogP contribution is -2.65. The van der Waals surface area contributed by atoms with Crippen molar-refractivity contribution in [1.82, 2.24) is 64.5 Å². The summed E-state index contributed by atoms with van der Waals surface area (Å²) in [7, 11) is -3.86. The summed E-state index contributed by atoms with van der Waals surface area (Å²) in [6.07, 6.45) is 6.38. The van der Waals surface area contributed by atoms with Gasteiger partial charge in [0.1, 0.15) is 44.9 Å². The molecule has 23 nitrogen and oxygen atoms in total. The average molecular weight is 1230 g/mol. The van der Waals surface area contributed by atoms with E-state index in [4.69, 9.17) is 24.4 Å². The number of thiazole rings is 1. The number of anilines is 3. The number of H-pyrrole nitrogens is 1. The third kappa shape index (κ3) is 14.2. The van der Waals surface area contributed by atoms with Crippen molar-refractivity contribution in [3.05, 3.63) is 99.4 Å². The van der Waals surface area contributed by atoms with Crippen LogP contribution in [0.1, 0.15) is 123 Å². The Labute approximate surface area is 511 Å². The SMILES string of the molecule is Cc1[nH]nc(Nc2ncnc3cc(OCCCN4CCN(C(=O)c5cnc(N6CCN(CC7CN(C(=O)OC(C)(C)C)C(C)CN7CC(=O)N7CCC[C@H]7c7nc(C(=O)c8ccc(F)cc8)cs7)[C@H](C)C6)nc5)CC4)c(S(=O)(=O)C(C)(C)C)cc23)c1C. The second kappa shape index (κ2) is 25.8. The third-order valence-electron chi connectivity index (χ3n) is 16.8. The molecule has 3 amide bonds. The van der Waals surface area contributed by atoms with E-state index in [0.29, 0.717) is 130 Å². The smallest absolute Gasteiger partial charge is 0.410 e. The van der Waals surface area contributed by atoms with E-state index in [0.717, 1.165) is 24.1 Å². The fourth-order valence-corrected chi connectivity index (χ4v) is 13.9. The number of carbonyl (C=O) groups is 4. The van der Waals surface area contributed by atoms with Gasteiger partial charge in [-0.25, -0.2) is 42.5 Å². The molecule has 6 aromatic rings. The fourth-order valence-electron chi connectivity index (χ4n) is 11.6. The highest BCUT2D eigenvalue weighted by molar-refractivity contribution is 7.92. The number of fused-ring (bicyclic) bond motifs is 1. The van der Waals surface area contributed by atoms with Gasteiger partial charge in [-0.05, 0) is 119 Å². The van der Waals surface area contributed by atoms with Gasteiger partial charge in [-0.15, -0.1) is 11.3 Å². The Kier molecular flexibility index (Phi) is 18.6. The second-order valence-electron chi connectivity index (χ2n) is 25.2. The topological polar surface area (TPSA) is 249 Å². The highest BCUT2D eigenvalue weighted by atomic mass is 32.2. The Morgan fingerprint density at radius 1 is 0.828 bits per heavy atom. The van der Waals surface area contributed by atoms with Gasteiger partial charge in [0.25, 0.3) is 5.91 Å². The molecule has 8 heterocycles. The molecule has 4 fully saturated rings. The number of amides is 3. The van der Waals surface area contributed by atoms with E-state index in [9.17, 15) is 32.0 Å². The summed E-state index contributed by atoms with van der Waals surface area (Å²) in [6, 6.07) is 8.00. The molecule has 0 spiro atoms. The number of carbonyl (C=O) groups excluding carboxylic acids is 4. The molecule has 466 valence electrons. The molecule has 0 radical (unpaired) electrons. The van der Waals surface area contributed by atoms with Crippen molar-refractivity contribution in [2.45, 2.75) is 128 Å². The maximum absolute atomic E-state index is 14.4. The van der Waals surface area contributed by atoms with Crippen LogP contribution in [0.2, 0.25) is 0 Å². The average Bonchev–Trinajstić information content (AvgIpc) is 1.67. The minimum absolute atomic E-state index is 0.0387. The molecule has 0 bridgehead atoms. The standard InChI is InChI=1S/C61H80FN15O8S2/c1-38-31-74(25-24-73(38)33-45-34-77(59(81)85-60(5,6)7)39(2)32-75(45)35-52(78)76-19-11-13-49(76)56-67-48(36-86-56)53(79)42-14-16-44(62)17-15-42)58-63-29-43(30-64-58)57(80)72-22-20-71(21-23-72)18-12-26-84-50-28-47-46(27-51(50)87(82,83)61(8,9)10)55(66-37-65-47)68-54-40(3)41(4)69-70-54/h14-17,27-30,36-39,45,49H,11-13,18-26,31-35H2,1-10H3,(H2,65,66,68,69,70)/t38-,39?,45?,49+/m1/s1. The molecule has 26 heteroatoms. The first-order valence-electron chi connectivity index (χ1n) is 29.9. The van der Waals surface area contributed by atoms with Crippen molar-refractivity contribution in [1.29, 1.82) is 0 Å². The number of nitrogens with one attached hydrogen (secondary N) is 2. The number of piperazine rings is 3. The lowest BCUT2D eigenvalue weighted by atomic mass is 10.0. The third-order valence-corrected chi connectivity index (χ3v) is 20.3. The second-order valence-corrected chi connectivity index (χ2v) is 28.8. The number of hydrogen-bond donors (Lipinski definition) is 2. The van der Waals surface area contributed by atoms with Gasteiger partial charge in [-0.1, -0.05) is 0 Å². The van der Waals surface area contributed by atoms with E-state index < -0.39 is 26.0 Å². The number of hydrogen-bond acceptors (Lipinski definition) is 20. The lowest BCUT2D eigenvalue weighted by molar-refractivity contribution is -0.135. The number of aryl methyl sites for hydroxylation is 1. The molecule has 4 aromatic heterocycles. The predicted molar refractivity (Wildman–Crippen MR) is 329 cm³/mol. The van der Waals surface area contributed by atoms with Gasteiger partial charge < -0.3 is 34.4 Å². The van der Waals surface area contributed by atoms with Gasteiger partial charge in [0.2, 0.25) is 17.6 Å². The van der Waals surface area contributed by atoms with Gasteiger partial charge in [0, 0.05) is 143 Å². The van der Waals surface area contributed by atoms with Crippen molar-refractivity contribution in [2.75, 3.05) is 102 Å². The lowest BCUT2D eigenvalue weighted by Gasteiger charge is -2.48. The van der Waals surface area contributed by atoms with E-state index in [1.807, 2.05) is 51.3 Å². The van der Waals surface area contributed by atoms with Crippen LogP contribution in [-0.2, 0) is 19.4 Å². The summed E-state index contributed by atoms with van der Waals surface area (Å²) < 4.78 is 52.7. The number of ketones is 1. The number of likely N-dealkylation sites (tertiary alicyclic amines) is 1. The number of halogens is 1. The van der Waals surface area contributed by atoms with Gasteiger partial charge in [0.05, 0.1) is 35.0 Å². The predicted octanol–water partition coefficient (Wildman–Crippen LogP) is 7.31. The molecule has 4 saturated heterocycles. The molecular formula is C61H80FN15O8S2. The monoisotopic (exact) mass is 1230 g/mol. The summed E-state index contributed by atoms with van der Waals surface area (Å²) in [6.45, 7) is 25.9. The Morgan fingerprint density at radius 3 is 2.24 bits per heavy atom. The molecular weight excluding hydrogens is 1150 g/mol. The van der Waals surface area contributed by atoms with E-state index in [2.05, 4.69) is 52.0 Å². The van der Waals surface area contributed by atoms with Crippen LogP contribution in [0.15, 0.2) is 65.4 Å². The Hall–Kier alpha value is -7.26. The minimum Gasteiger partial charge on any atom is -0.492 e. The zero-order valence-corrected chi connectivity index (χ0v) is 53.0. The minimum atomic E-state index is -3.86. The van der Waals surface area contributed by atoms with E-state index >= 15 is 0 Å². The van der Waals surface area contributed by atoms with Crippen LogP contribution in [0.5, 0.6) is 5.75 Å². The molecule has 10 rings (SSSR count). The van der Waals surface area contributed by atoms with Crippen molar-refractivity contribution < 1.29 is 41.5 Å². The van der Waals surface area contributed by atoms with Crippen LogP contribution in [0.25, 0.3) is 10.9 Å². The van der Waals surface area contributed by atoms with E-state index in [1.165, 1.54) is 41.9 Å². The van der Waals surface area contributed by atoms with Crippen LogP contribution in [0, 0.1) is 19.7 Å². The summed E-state index contributed by atoms with van der Waals surface area (Å²) in [5, 5.41) is 13.4. The molecule has 4 aliphatic rings. The molecule has 0 saturated carbocycles. The number of aromatic nitrogens is 7. The molecule has 4 aliphatic heterocycles. The summed E-state index contributed by atoms with van der Waals surface area (Å²) in [4.78, 5) is 92.7. The maximum Gasteiger partial charge on any atom is 0.410 e. The number of rotatable bonds is 17. The van der Waals surface area contributed by atoms with Crippen molar-refractivity contribution in [3.8, 4) is 5.75 Å². The Morgan fingerprint density at radius 2 is 1.56 bits per heavy atom. The number of benzene rings is 2. The van der Waals surface area contributed by atoms with E-state index in [-0.39, 0.29) is 77.3 Å². The van der Waals surface area contributed by atoms with Crippen LogP contribution in [-0.4, -0.2) is 217 Å². The van der Waals surface area contributed by atoms with Crippen molar-refractivity contribution >= 4 is 73.4 Å². The Balaban J connectivity index is 0.718. The fraction of sp³-hybridized carbons (Fsp3) is 0.541. The molecule has 2 aromatic carbocycles. The number of sulfone groups is 1. The largest absolute Gasteiger partial charge is 0.492 e. The van der Waals surface area contributed by atoms with Gasteiger partial charge in [0.15, 0.2) is 15.7 Å². The molecule has 4 atom stereocenters. The van der Waals surface area contributed by atoms with Crippen molar-refractivity contribution in [3.63, 3.8) is 0 Å². The highest BCUT2D eigenvalue weighted by Gasteiger charge is 2.42. The number of nitrogens with zero attached hydrogens (tertiary/aromatic N) is 13. The zero-order chi connectivity index (χ0) is 62.1. The summed E-state index contributed by atoms with van der Waals surface area (Å²) in [5.74, 6) is 0.871. The van der Waals surface area contributed by atoms with Crippen LogP contribution in [0.4, 0.5) is 26.8 Å². The number of ether oxygens (including phenoxy) is 2. The van der Waals surface area contributed by atoms with Crippen LogP contribution >= 0.6 is 11.3 Å². The van der Waals surface area contributed by atoms with Crippen molar-refractivity contribution in [2.24, 2.45) is 0 Å². The quantitative estimate of drug-likeness (QED) is 0.0671. The van der Waals surface area contributed by atoms with E-state index in [1.54, 1.807) is 55.6 Å². The van der Waals surface area contributed by atoms with Gasteiger partial charge in [-0.3, -0.25) is 34.2 Å².